The molecule has 144 valence electrons. The van der Waals surface area contributed by atoms with Crippen molar-refractivity contribution in [1.82, 2.24) is 5.32 Å². The van der Waals surface area contributed by atoms with Gasteiger partial charge in [-0.3, -0.25) is 9.59 Å². The molecule has 1 spiro atoms. The largest absolute Gasteiger partial charge is 0.497 e. The topological polar surface area (TPSA) is 81.0 Å². The number of rotatable bonds is 5. The van der Waals surface area contributed by atoms with Crippen molar-refractivity contribution in [3.63, 3.8) is 0 Å². The molecule has 2 amide bonds. The number of anilines is 1. The van der Waals surface area contributed by atoms with Crippen LogP contribution in [-0.4, -0.2) is 37.2 Å². The number of carbonyl (C=O) groups excluding carboxylic acids is 2. The predicted molar refractivity (Wildman–Crippen MR) is 99.6 cm³/mol. The lowest BCUT2D eigenvalue weighted by atomic mass is 9.77. The van der Waals surface area contributed by atoms with E-state index in [1.165, 1.54) is 0 Å². The fraction of sp³-hybridized carbons (Fsp3) is 0.333. The zero-order chi connectivity index (χ0) is 19.3. The maximum Gasteiger partial charge on any atom is 0.234 e. The minimum absolute atomic E-state index is 0.0988. The molecule has 7 heteroatoms. The van der Waals surface area contributed by atoms with E-state index >= 15 is 0 Å². The van der Waals surface area contributed by atoms with Crippen molar-refractivity contribution in [2.75, 3.05) is 18.6 Å². The van der Waals surface area contributed by atoms with Crippen LogP contribution in [0.1, 0.15) is 5.76 Å². The Morgan fingerprint density at radius 3 is 3.04 bits per heavy atom. The van der Waals surface area contributed by atoms with E-state index in [2.05, 4.69) is 5.32 Å². The zero-order valence-electron chi connectivity index (χ0n) is 15.3. The lowest BCUT2D eigenvalue weighted by Crippen LogP contribution is -2.43. The Bertz CT molecular complexity index is 953. The van der Waals surface area contributed by atoms with Crippen molar-refractivity contribution in [2.24, 2.45) is 11.8 Å². The summed E-state index contributed by atoms with van der Waals surface area (Å²) < 4.78 is 16.7. The van der Waals surface area contributed by atoms with Gasteiger partial charge in [-0.15, -0.1) is 0 Å². The average Bonchev–Trinajstić information content (AvgIpc) is 3.48. The minimum Gasteiger partial charge on any atom is -0.497 e. The summed E-state index contributed by atoms with van der Waals surface area (Å²) in [4.78, 5) is 27.9. The SMILES string of the molecule is COc1cccc(N2C[C@@]34C=C[C@H](O3)[C@@H](C(=O)NCc3ccco3)[C@@H]4C2=O)c1. The molecule has 4 heterocycles. The molecule has 2 saturated heterocycles. The molecular formula is C21H20N2O5. The highest BCUT2D eigenvalue weighted by Gasteiger charge is 2.67. The van der Waals surface area contributed by atoms with Gasteiger partial charge in [-0.05, 0) is 24.3 Å². The van der Waals surface area contributed by atoms with Crippen molar-refractivity contribution in [2.45, 2.75) is 18.2 Å². The third-order valence-electron chi connectivity index (χ3n) is 5.79. The van der Waals surface area contributed by atoms with Gasteiger partial charge in [0.25, 0.3) is 0 Å². The van der Waals surface area contributed by atoms with Crippen molar-refractivity contribution in [3.8, 4) is 5.75 Å². The van der Waals surface area contributed by atoms with Gasteiger partial charge in [-0.25, -0.2) is 0 Å². The van der Waals surface area contributed by atoms with Crippen LogP contribution < -0.4 is 15.0 Å². The van der Waals surface area contributed by atoms with E-state index < -0.39 is 17.4 Å². The van der Waals surface area contributed by atoms with Gasteiger partial charge in [0.15, 0.2) is 0 Å². The summed E-state index contributed by atoms with van der Waals surface area (Å²) >= 11 is 0. The van der Waals surface area contributed by atoms with Crippen LogP contribution in [0.2, 0.25) is 0 Å². The molecule has 1 aromatic carbocycles. The van der Waals surface area contributed by atoms with Gasteiger partial charge in [0.2, 0.25) is 11.8 Å². The molecule has 2 aromatic rings. The molecular weight excluding hydrogens is 360 g/mol. The number of nitrogens with one attached hydrogen (secondary N) is 1. The second-order valence-corrected chi connectivity index (χ2v) is 7.32. The smallest absolute Gasteiger partial charge is 0.234 e. The minimum atomic E-state index is -0.752. The third kappa shape index (κ3) is 2.46. The summed E-state index contributed by atoms with van der Waals surface area (Å²) in [6.45, 7) is 0.672. The molecule has 2 bridgehead atoms. The van der Waals surface area contributed by atoms with Gasteiger partial charge in [0.05, 0.1) is 44.4 Å². The van der Waals surface area contributed by atoms with Gasteiger partial charge in [-0.1, -0.05) is 18.2 Å². The highest BCUT2D eigenvalue weighted by atomic mass is 16.5. The lowest BCUT2D eigenvalue weighted by molar-refractivity contribution is -0.132. The number of amides is 2. The lowest BCUT2D eigenvalue weighted by Gasteiger charge is -2.23. The van der Waals surface area contributed by atoms with Crippen molar-refractivity contribution >= 4 is 17.5 Å². The second kappa shape index (κ2) is 6.24. The van der Waals surface area contributed by atoms with E-state index in [0.717, 1.165) is 5.69 Å². The Morgan fingerprint density at radius 2 is 2.25 bits per heavy atom. The fourth-order valence-electron chi connectivity index (χ4n) is 4.50. The summed E-state index contributed by atoms with van der Waals surface area (Å²) in [5.74, 6) is -0.0446. The molecule has 2 fully saturated rings. The first kappa shape index (κ1) is 17.1. The first-order valence-electron chi connectivity index (χ1n) is 9.24. The molecule has 0 radical (unpaired) electrons. The molecule has 1 aromatic heterocycles. The number of methoxy groups -OCH3 is 1. The van der Waals surface area contributed by atoms with Crippen molar-refractivity contribution < 1.29 is 23.5 Å². The van der Waals surface area contributed by atoms with Crippen LogP contribution in [0.3, 0.4) is 0 Å². The number of fused-ring (bicyclic) bond motifs is 1. The summed E-state index contributed by atoms with van der Waals surface area (Å²) in [6.07, 6.45) is 5.03. The number of nitrogens with zero attached hydrogens (tertiary/aromatic N) is 1. The quantitative estimate of drug-likeness (QED) is 0.802. The number of carbonyl (C=O) groups is 2. The summed E-state index contributed by atoms with van der Waals surface area (Å²) in [7, 11) is 1.59. The average molecular weight is 380 g/mol. The molecule has 5 rings (SSSR count). The first-order chi connectivity index (χ1) is 13.6. The Morgan fingerprint density at radius 1 is 1.36 bits per heavy atom. The molecule has 0 aliphatic carbocycles. The molecule has 1 N–H and O–H groups in total. The molecule has 3 aliphatic heterocycles. The molecule has 0 saturated carbocycles. The van der Waals surface area contributed by atoms with Crippen LogP contribution in [0.15, 0.2) is 59.2 Å². The monoisotopic (exact) mass is 380 g/mol. The van der Waals surface area contributed by atoms with Crippen molar-refractivity contribution in [3.05, 3.63) is 60.6 Å². The Kier molecular flexibility index (Phi) is 3.80. The Labute approximate surface area is 161 Å². The zero-order valence-corrected chi connectivity index (χ0v) is 15.3. The second-order valence-electron chi connectivity index (χ2n) is 7.32. The van der Waals surface area contributed by atoms with Gasteiger partial charge in [0, 0.05) is 11.8 Å². The van der Waals surface area contributed by atoms with E-state index in [1.54, 1.807) is 30.4 Å². The van der Waals surface area contributed by atoms with Crippen LogP contribution in [-0.2, 0) is 20.9 Å². The van der Waals surface area contributed by atoms with E-state index in [9.17, 15) is 9.59 Å². The Balaban J connectivity index is 1.40. The molecule has 28 heavy (non-hydrogen) atoms. The van der Waals surface area contributed by atoms with Gasteiger partial charge < -0.3 is 24.1 Å². The number of ether oxygens (including phenoxy) is 2. The maximum absolute atomic E-state index is 13.3. The van der Waals surface area contributed by atoms with E-state index in [4.69, 9.17) is 13.9 Å². The molecule has 4 atom stereocenters. The fourth-order valence-corrected chi connectivity index (χ4v) is 4.50. The van der Waals surface area contributed by atoms with Crippen LogP contribution in [0, 0.1) is 11.8 Å². The van der Waals surface area contributed by atoms with Gasteiger partial charge >= 0.3 is 0 Å². The number of benzene rings is 1. The number of hydrogen-bond donors (Lipinski definition) is 1. The highest BCUT2D eigenvalue weighted by Crippen LogP contribution is 2.52. The highest BCUT2D eigenvalue weighted by molar-refractivity contribution is 6.03. The van der Waals surface area contributed by atoms with Crippen LogP contribution >= 0.6 is 0 Å². The standard InChI is InChI=1S/C21H20N2O5/c1-26-14-5-2-4-13(10-14)23-12-21-8-7-16(28-21)17(18(21)20(23)25)19(24)22-11-15-6-3-9-27-15/h2-10,16-18H,11-12H2,1H3,(H,22,24)/t16-,17+,18+,21+/m0/s1. The molecule has 0 unspecified atom stereocenters. The van der Waals surface area contributed by atoms with Crippen LogP contribution in [0.4, 0.5) is 5.69 Å². The first-order valence-corrected chi connectivity index (χ1v) is 9.24. The van der Waals surface area contributed by atoms with E-state index in [-0.39, 0.29) is 24.5 Å². The number of hydrogen-bond acceptors (Lipinski definition) is 5. The van der Waals surface area contributed by atoms with E-state index in [1.807, 2.05) is 36.4 Å². The summed E-state index contributed by atoms with van der Waals surface area (Å²) in [6, 6.07) is 10.9. The third-order valence-corrected chi connectivity index (χ3v) is 5.79. The summed E-state index contributed by atoms with van der Waals surface area (Å²) in [5, 5.41) is 2.88. The van der Waals surface area contributed by atoms with Gasteiger partial charge in [0.1, 0.15) is 17.1 Å². The molecule has 3 aliphatic rings. The number of furan rings is 1. The Hall–Kier alpha value is -3.06. The van der Waals surface area contributed by atoms with Crippen LogP contribution in [0.25, 0.3) is 0 Å². The maximum atomic E-state index is 13.3. The summed E-state index contributed by atoms with van der Waals surface area (Å²) in [5.41, 5.74) is -0.0133. The van der Waals surface area contributed by atoms with Crippen LogP contribution in [0.5, 0.6) is 5.75 Å². The molecule has 7 nitrogen and oxygen atoms in total. The predicted octanol–water partition coefficient (Wildman–Crippen LogP) is 1.89. The normalized spacial score (nSPS) is 30.0. The van der Waals surface area contributed by atoms with E-state index in [0.29, 0.717) is 18.1 Å². The van der Waals surface area contributed by atoms with Gasteiger partial charge in [-0.2, -0.15) is 0 Å². The van der Waals surface area contributed by atoms with Crippen molar-refractivity contribution in [1.29, 1.82) is 0 Å².